The van der Waals surface area contributed by atoms with Crippen molar-refractivity contribution in [1.29, 1.82) is 0 Å². The van der Waals surface area contributed by atoms with Crippen molar-refractivity contribution in [1.82, 2.24) is 15.5 Å². The van der Waals surface area contributed by atoms with Crippen LogP contribution >= 0.6 is 11.6 Å². The molecule has 1 fully saturated rings. The van der Waals surface area contributed by atoms with Gasteiger partial charge in [0.15, 0.2) is 11.5 Å². The fourth-order valence-corrected chi connectivity index (χ4v) is 3.00. The molecule has 2 aliphatic heterocycles. The molecule has 1 unspecified atom stereocenters. The molecule has 2 N–H and O–H groups in total. The number of carbonyl (C=O) groups is 1. The Morgan fingerprint density at radius 2 is 2.38 bits per heavy atom. The van der Waals surface area contributed by atoms with Crippen LogP contribution in [0.2, 0.25) is 5.02 Å². The Labute approximate surface area is 128 Å². The molecule has 2 heterocycles. The molecule has 3 rings (SSSR count). The van der Waals surface area contributed by atoms with E-state index in [0.29, 0.717) is 29.6 Å². The Morgan fingerprint density at radius 1 is 1.52 bits per heavy atom. The summed E-state index contributed by atoms with van der Waals surface area (Å²) in [7, 11) is 1.66. The van der Waals surface area contributed by atoms with Crippen LogP contribution in [0.1, 0.15) is 5.56 Å². The van der Waals surface area contributed by atoms with Gasteiger partial charge in [0.25, 0.3) is 0 Å². The Morgan fingerprint density at radius 3 is 3.19 bits per heavy atom. The van der Waals surface area contributed by atoms with Crippen molar-refractivity contribution < 1.29 is 14.3 Å². The van der Waals surface area contributed by atoms with E-state index in [0.717, 1.165) is 18.7 Å². The molecular weight excluding hydrogens is 294 g/mol. The first-order valence-corrected chi connectivity index (χ1v) is 7.31. The molecule has 1 amide bonds. The molecule has 1 atom stereocenters. The van der Waals surface area contributed by atoms with Crippen molar-refractivity contribution >= 4 is 17.5 Å². The van der Waals surface area contributed by atoms with Gasteiger partial charge in [-0.25, -0.2) is 0 Å². The number of rotatable bonds is 3. The Hall–Kier alpha value is -1.50. The van der Waals surface area contributed by atoms with Crippen molar-refractivity contribution in [3.05, 3.63) is 22.7 Å². The third-order valence-electron chi connectivity index (χ3n) is 3.78. The number of hydrogen-bond donors (Lipinski definition) is 2. The van der Waals surface area contributed by atoms with Crippen LogP contribution in [0.3, 0.4) is 0 Å². The van der Waals surface area contributed by atoms with E-state index in [1.165, 1.54) is 0 Å². The molecule has 0 aromatic heterocycles. The lowest BCUT2D eigenvalue weighted by Crippen LogP contribution is -2.56. The number of piperazine rings is 1. The summed E-state index contributed by atoms with van der Waals surface area (Å²) in [6, 6.07) is 3.63. The molecule has 0 spiro atoms. The lowest BCUT2D eigenvalue weighted by atomic mass is 10.1. The van der Waals surface area contributed by atoms with Gasteiger partial charge in [-0.3, -0.25) is 9.69 Å². The van der Waals surface area contributed by atoms with E-state index in [2.05, 4.69) is 15.5 Å². The third kappa shape index (κ3) is 2.92. The Kier molecular flexibility index (Phi) is 4.19. The van der Waals surface area contributed by atoms with Crippen molar-refractivity contribution in [3.8, 4) is 11.5 Å². The highest BCUT2D eigenvalue weighted by molar-refractivity contribution is 6.32. The second-order valence-electron chi connectivity index (χ2n) is 5.12. The van der Waals surface area contributed by atoms with Crippen LogP contribution in [0.25, 0.3) is 0 Å². The molecular formula is C14H18ClN3O3. The van der Waals surface area contributed by atoms with Gasteiger partial charge in [0, 0.05) is 33.2 Å². The van der Waals surface area contributed by atoms with Crippen molar-refractivity contribution in [2.45, 2.75) is 12.6 Å². The van der Waals surface area contributed by atoms with E-state index >= 15 is 0 Å². The van der Waals surface area contributed by atoms with Crippen LogP contribution in [0.15, 0.2) is 12.1 Å². The summed E-state index contributed by atoms with van der Waals surface area (Å²) in [4.78, 5) is 14.1. The summed E-state index contributed by atoms with van der Waals surface area (Å²) < 4.78 is 10.7. The largest absolute Gasteiger partial charge is 0.454 e. The maximum atomic E-state index is 12.0. The first-order chi connectivity index (χ1) is 10.2. The first-order valence-electron chi connectivity index (χ1n) is 6.93. The van der Waals surface area contributed by atoms with Crippen molar-refractivity contribution in [3.63, 3.8) is 0 Å². The summed E-state index contributed by atoms with van der Waals surface area (Å²) in [6.45, 7) is 3.18. The van der Waals surface area contributed by atoms with Gasteiger partial charge in [-0.2, -0.15) is 0 Å². The van der Waals surface area contributed by atoms with Crippen LogP contribution in [0.4, 0.5) is 0 Å². The maximum Gasteiger partial charge on any atom is 0.238 e. The van der Waals surface area contributed by atoms with E-state index in [4.69, 9.17) is 21.1 Å². The topological polar surface area (TPSA) is 62.8 Å². The first kappa shape index (κ1) is 14.4. The van der Waals surface area contributed by atoms with E-state index in [9.17, 15) is 4.79 Å². The lowest BCUT2D eigenvalue weighted by molar-refractivity contribution is -0.126. The van der Waals surface area contributed by atoms with Gasteiger partial charge in [0.05, 0.1) is 5.02 Å². The SMILES string of the molecule is CNC(=O)C1CNCCN1Cc1cc(Cl)c2c(c1)OCO2. The molecule has 0 aliphatic carbocycles. The molecule has 0 saturated carbocycles. The minimum atomic E-state index is -0.173. The summed E-state index contributed by atoms with van der Waals surface area (Å²) in [6.07, 6.45) is 0. The van der Waals surface area contributed by atoms with Crippen LogP contribution < -0.4 is 20.1 Å². The summed E-state index contributed by atoms with van der Waals surface area (Å²) >= 11 is 6.20. The molecule has 1 saturated heterocycles. The maximum absolute atomic E-state index is 12.0. The van der Waals surface area contributed by atoms with E-state index in [1.807, 2.05) is 12.1 Å². The van der Waals surface area contributed by atoms with Crippen molar-refractivity contribution in [2.24, 2.45) is 0 Å². The second kappa shape index (κ2) is 6.09. The van der Waals surface area contributed by atoms with E-state index in [1.54, 1.807) is 7.05 Å². The molecule has 0 radical (unpaired) electrons. The van der Waals surface area contributed by atoms with Gasteiger partial charge >= 0.3 is 0 Å². The molecule has 7 heteroatoms. The molecule has 114 valence electrons. The average molecular weight is 312 g/mol. The highest BCUT2D eigenvalue weighted by Crippen LogP contribution is 2.40. The minimum Gasteiger partial charge on any atom is -0.454 e. The van der Waals surface area contributed by atoms with E-state index < -0.39 is 0 Å². The molecule has 0 bridgehead atoms. The van der Waals surface area contributed by atoms with Gasteiger partial charge in [0.1, 0.15) is 6.04 Å². The summed E-state index contributed by atoms with van der Waals surface area (Å²) in [5.74, 6) is 1.29. The summed E-state index contributed by atoms with van der Waals surface area (Å²) in [5.41, 5.74) is 1.01. The molecule has 21 heavy (non-hydrogen) atoms. The highest BCUT2D eigenvalue weighted by Gasteiger charge is 2.28. The normalized spacial score (nSPS) is 21.3. The number of hydrogen-bond acceptors (Lipinski definition) is 5. The van der Waals surface area contributed by atoms with Crippen molar-refractivity contribution in [2.75, 3.05) is 33.5 Å². The number of amides is 1. The zero-order valence-electron chi connectivity index (χ0n) is 11.8. The van der Waals surface area contributed by atoms with Gasteiger partial charge in [0.2, 0.25) is 12.7 Å². The number of halogens is 1. The fourth-order valence-electron chi connectivity index (χ4n) is 2.71. The number of carbonyl (C=O) groups excluding carboxylic acids is 1. The standard InChI is InChI=1S/C14H18ClN3O3/c1-16-14(19)11-6-17-2-3-18(11)7-9-4-10(15)13-12(5-9)20-8-21-13/h4-5,11,17H,2-3,6-8H2,1H3,(H,16,19). The molecule has 1 aromatic rings. The van der Waals surface area contributed by atoms with Crippen LogP contribution in [0, 0.1) is 0 Å². The number of likely N-dealkylation sites (N-methyl/N-ethyl adjacent to an activating group) is 1. The van der Waals surface area contributed by atoms with Crippen LogP contribution in [-0.4, -0.2) is 50.3 Å². The number of nitrogens with zero attached hydrogens (tertiary/aromatic N) is 1. The number of nitrogens with one attached hydrogen (secondary N) is 2. The molecule has 2 aliphatic rings. The van der Waals surface area contributed by atoms with Gasteiger partial charge in [-0.15, -0.1) is 0 Å². The van der Waals surface area contributed by atoms with Crippen LogP contribution in [0.5, 0.6) is 11.5 Å². The fraction of sp³-hybridized carbons (Fsp3) is 0.500. The minimum absolute atomic E-state index is 0.0223. The lowest BCUT2D eigenvalue weighted by Gasteiger charge is -2.34. The Bertz CT molecular complexity index is 553. The van der Waals surface area contributed by atoms with Gasteiger partial charge in [-0.1, -0.05) is 11.6 Å². The van der Waals surface area contributed by atoms with Gasteiger partial charge in [-0.05, 0) is 17.7 Å². The predicted octanol–water partition coefficient (Wildman–Crippen LogP) is 0.589. The number of fused-ring (bicyclic) bond motifs is 1. The number of benzene rings is 1. The monoisotopic (exact) mass is 311 g/mol. The van der Waals surface area contributed by atoms with E-state index in [-0.39, 0.29) is 18.7 Å². The molecule has 6 nitrogen and oxygen atoms in total. The Balaban J connectivity index is 1.78. The quantitative estimate of drug-likeness (QED) is 0.855. The third-order valence-corrected chi connectivity index (χ3v) is 4.06. The smallest absolute Gasteiger partial charge is 0.238 e. The second-order valence-corrected chi connectivity index (χ2v) is 5.52. The molecule has 1 aromatic carbocycles. The highest BCUT2D eigenvalue weighted by atomic mass is 35.5. The average Bonchev–Trinajstić information content (AvgIpc) is 2.96. The zero-order chi connectivity index (χ0) is 14.8. The predicted molar refractivity (Wildman–Crippen MR) is 78.7 cm³/mol. The summed E-state index contributed by atoms with van der Waals surface area (Å²) in [5, 5.41) is 6.51. The zero-order valence-corrected chi connectivity index (χ0v) is 12.6. The number of ether oxygens (including phenoxy) is 2. The van der Waals surface area contributed by atoms with Crippen LogP contribution in [-0.2, 0) is 11.3 Å². The van der Waals surface area contributed by atoms with Gasteiger partial charge < -0.3 is 20.1 Å².